The van der Waals surface area contributed by atoms with E-state index in [4.69, 9.17) is 4.74 Å². The number of unbranched alkanes of at least 4 members (excludes halogenated alkanes) is 5. The molecule has 8 nitrogen and oxygen atoms in total. The predicted octanol–water partition coefficient (Wildman–Crippen LogP) is 4.97. The quantitative estimate of drug-likeness (QED) is 0.192. The molecular weight excluding hydrogens is 478 g/mol. The van der Waals surface area contributed by atoms with Gasteiger partial charge in [0.15, 0.2) is 0 Å². The molecule has 1 rings (SSSR count). The SMILES string of the molecule is CCCCCCN(C(=O)C(CS)NC(=O)OC(C)(C)C)C(C(=O)NCCCCC)c1cccc(O)c1. The maximum absolute atomic E-state index is 13.8. The van der Waals surface area contributed by atoms with E-state index in [1.165, 1.54) is 17.0 Å². The molecule has 2 unspecified atom stereocenters. The smallest absolute Gasteiger partial charge is 0.408 e. The lowest BCUT2D eigenvalue weighted by Gasteiger charge is -2.34. The van der Waals surface area contributed by atoms with Gasteiger partial charge in [-0.05, 0) is 51.3 Å². The number of nitrogens with one attached hydrogen (secondary N) is 2. The standard InChI is InChI=1S/C27H45N3O5S/c1-6-8-10-12-17-30(25(33)22(19-36)29-26(34)35-27(3,4)5)23(20-14-13-15-21(31)18-20)24(32)28-16-11-9-7-2/h13-15,18,22-23,31,36H,6-12,16-17,19H2,1-5H3,(H,28,32)(H,29,34). The summed E-state index contributed by atoms with van der Waals surface area (Å²) in [6.45, 7) is 10.2. The average molecular weight is 524 g/mol. The molecule has 0 radical (unpaired) electrons. The van der Waals surface area contributed by atoms with Crippen molar-refractivity contribution in [3.63, 3.8) is 0 Å². The average Bonchev–Trinajstić information content (AvgIpc) is 2.80. The Morgan fingerprint density at radius 1 is 1.06 bits per heavy atom. The van der Waals surface area contributed by atoms with Crippen molar-refractivity contribution in [1.29, 1.82) is 0 Å². The second kappa shape index (κ2) is 16.3. The number of benzene rings is 1. The van der Waals surface area contributed by atoms with E-state index in [9.17, 15) is 19.5 Å². The van der Waals surface area contributed by atoms with Gasteiger partial charge in [0.2, 0.25) is 11.8 Å². The van der Waals surface area contributed by atoms with Crippen LogP contribution in [0.2, 0.25) is 0 Å². The van der Waals surface area contributed by atoms with Crippen molar-refractivity contribution in [3.05, 3.63) is 29.8 Å². The van der Waals surface area contributed by atoms with E-state index in [1.54, 1.807) is 32.9 Å². The van der Waals surface area contributed by atoms with Crippen molar-refractivity contribution in [3.8, 4) is 5.75 Å². The molecule has 0 spiro atoms. The largest absolute Gasteiger partial charge is 0.508 e. The summed E-state index contributed by atoms with van der Waals surface area (Å²) < 4.78 is 5.33. The Morgan fingerprint density at radius 3 is 2.31 bits per heavy atom. The van der Waals surface area contributed by atoms with Crippen LogP contribution >= 0.6 is 12.6 Å². The van der Waals surface area contributed by atoms with Gasteiger partial charge >= 0.3 is 6.09 Å². The first-order valence-electron chi connectivity index (χ1n) is 13.0. The zero-order chi connectivity index (χ0) is 27.1. The maximum Gasteiger partial charge on any atom is 0.408 e. The summed E-state index contributed by atoms with van der Waals surface area (Å²) in [6.07, 6.45) is 5.75. The van der Waals surface area contributed by atoms with Crippen LogP contribution in [0.5, 0.6) is 5.75 Å². The molecular formula is C27H45N3O5S. The third-order valence-electron chi connectivity index (χ3n) is 5.53. The van der Waals surface area contributed by atoms with Crippen molar-refractivity contribution < 1.29 is 24.2 Å². The van der Waals surface area contributed by atoms with Crippen LogP contribution in [0.4, 0.5) is 4.79 Å². The molecule has 0 aliphatic heterocycles. The number of thiol groups is 1. The normalized spacial score (nSPS) is 12.9. The Bertz CT molecular complexity index is 828. The second-order valence-electron chi connectivity index (χ2n) is 9.97. The Kier molecular flexibility index (Phi) is 14.4. The van der Waals surface area contributed by atoms with Gasteiger partial charge in [0.05, 0.1) is 0 Å². The van der Waals surface area contributed by atoms with Crippen LogP contribution in [0.15, 0.2) is 24.3 Å². The van der Waals surface area contributed by atoms with Crippen LogP contribution < -0.4 is 10.6 Å². The summed E-state index contributed by atoms with van der Waals surface area (Å²) in [5, 5.41) is 15.7. The number of carbonyl (C=O) groups excluding carboxylic acids is 3. The van der Waals surface area contributed by atoms with Crippen LogP contribution in [-0.2, 0) is 14.3 Å². The van der Waals surface area contributed by atoms with Gasteiger partial charge in [0.1, 0.15) is 23.4 Å². The molecule has 36 heavy (non-hydrogen) atoms. The summed E-state index contributed by atoms with van der Waals surface area (Å²) in [5.74, 6) is -0.707. The fraction of sp³-hybridized carbons (Fsp3) is 0.667. The minimum atomic E-state index is -0.984. The molecule has 9 heteroatoms. The van der Waals surface area contributed by atoms with E-state index in [1.807, 2.05) is 0 Å². The molecule has 0 saturated carbocycles. The first-order chi connectivity index (χ1) is 17.0. The number of alkyl carbamates (subject to hydrolysis) is 1. The number of rotatable bonds is 15. The molecule has 1 aromatic rings. The number of hydrogen-bond acceptors (Lipinski definition) is 6. The molecule has 3 N–H and O–H groups in total. The lowest BCUT2D eigenvalue weighted by Crippen LogP contribution is -2.54. The van der Waals surface area contributed by atoms with Crippen LogP contribution in [0, 0.1) is 0 Å². The number of ether oxygens (including phenoxy) is 1. The number of nitrogens with zero attached hydrogens (tertiary/aromatic N) is 1. The Morgan fingerprint density at radius 2 is 1.72 bits per heavy atom. The molecule has 0 saturated heterocycles. The topological polar surface area (TPSA) is 108 Å². The van der Waals surface area contributed by atoms with Gasteiger partial charge in [-0.2, -0.15) is 12.6 Å². The zero-order valence-corrected chi connectivity index (χ0v) is 23.4. The van der Waals surface area contributed by atoms with Gasteiger partial charge in [0.25, 0.3) is 0 Å². The van der Waals surface area contributed by atoms with Gasteiger partial charge in [-0.3, -0.25) is 9.59 Å². The van der Waals surface area contributed by atoms with Crippen molar-refractivity contribution >= 4 is 30.5 Å². The van der Waals surface area contributed by atoms with Gasteiger partial charge in [-0.15, -0.1) is 0 Å². The molecule has 204 valence electrons. The fourth-order valence-electron chi connectivity index (χ4n) is 3.76. The van der Waals surface area contributed by atoms with E-state index in [-0.39, 0.29) is 17.4 Å². The highest BCUT2D eigenvalue weighted by Crippen LogP contribution is 2.26. The van der Waals surface area contributed by atoms with Crippen LogP contribution in [0.25, 0.3) is 0 Å². The van der Waals surface area contributed by atoms with Gasteiger partial charge in [0, 0.05) is 18.8 Å². The van der Waals surface area contributed by atoms with Gasteiger partial charge in [-0.25, -0.2) is 4.79 Å². The molecule has 3 amide bonds. The zero-order valence-electron chi connectivity index (χ0n) is 22.5. The predicted molar refractivity (Wildman–Crippen MR) is 146 cm³/mol. The van der Waals surface area contributed by atoms with Gasteiger partial charge < -0.3 is 25.4 Å². The van der Waals surface area contributed by atoms with Crippen LogP contribution in [0.3, 0.4) is 0 Å². The van der Waals surface area contributed by atoms with Crippen molar-refractivity contribution in [2.24, 2.45) is 0 Å². The van der Waals surface area contributed by atoms with Crippen molar-refractivity contribution in [1.82, 2.24) is 15.5 Å². The molecule has 0 aliphatic rings. The first-order valence-corrected chi connectivity index (χ1v) is 13.6. The lowest BCUT2D eigenvalue weighted by molar-refractivity contribution is -0.142. The minimum absolute atomic E-state index is 0.00675. The van der Waals surface area contributed by atoms with E-state index >= 15 is 0 Å². The third kappa shape index (κ3) is 11.5. The third-order valence-corrected chi connectivity index (χ3v) is 5.90. The number of aromatic hydroxyl groups is 1. The second-order valence-corrected chi connectivity index (χ2v) is 10.3. The van der Waals surface area contributed by atoms with Crippen LogP contribution in [0.1, 0.15) is 91.2 Å². The minimum Gasteiger partial charge on any atom is -0.508 e. The van der Waals surface area contributed by atoms with Crippen molar-refractivity contribution in [2.75, 3.05) is 18.8 Å². The summed E-state index contributed by atoms with van der Waals surface area (Å²) in [6, 6.07) is 4.45. The molecule has 0 aromatic heterocycles. The Balaban J connectivity index is 3.31. The maximum atomic E-state index is 13.8. The molecule has 2 atom stereocenters. The van der Waals surface area contributed by atoms with E-state index in [2.05, 4.69) is 37.1 Å². The molecule has 0 fully saturated rings. The molecule has 1 aromatic carbocycles. The highest BCUT2D eigenvalue weighted by molar-refractivity contribution is 7.80. The first kappa shape index (κ1) is 31.6. The highest BCUT2D eigenvalue weighted by atomic mass is 32.1. The Hall–Kier alpha value is -2.42. The van der Waals surface area contributed by atoms with E-state index in [0.29, 0.717) is 25.1 Å². The molecule has 0 aliphatic carbocycles. The van der Waals surface area contributed by atoms with E-state index in [0.717, 1.165) is 38.5 Å². The monoisotopic (exact) mass is 523 g/mol. The molecule has 0 heterocycles. The summed E-state index contributed by atoms with van der Waals surface area (Å²) in [4.78, 5) is 41.2. The van der Waals surface area contributed by atoms with Gasteiger partial charge in [-0.1, -0.05) is 58.1 Å². The number of phenols is 1. The molecule has 0 bridgehead atoms. The highest BCUT2D eigenvalue weighted by Gasteiger charge is 2.35. The van der Waals surface area contributed by atoms with E-state index < -0.39 is 29.7 Å². The number of hydrogen-bond donors (Lipinski definition) is 4. The lowest BCUT2D eigenvalue weighted by atomic mass is 10.0. The Labute approximate surface area is 222 Å². The number of phenolic OH excluding ortho intramolecular Hbond substituents is 1. The number of amides is 3. The fourth-order valence-corrected chi connectivity index (χ4v) is 4.01. The van der Waals surface area contributed by atoms with Crippen LogP contribution in [-0.4, -0.2) is 58.4 Å². The summed E-state index contributed by atoms with van der Waals surface area (Å²) >= 11 is 4.31. The summed E-state index contributed by atoms with van der Waals surface area (Å²) in [5.41, 5.74) is -0.224. The number of carbonyl (C=O) groups is 3. The van der Waals surface area contributed by atoms with Crippen molar-refractivity contribution in [2.45, 2.75) is 97.2 Å². The summed E-state index contributed by atoms with van der Waals surface area (Å²) in [7, 11) is 0.